The third-order valence-electron chi connectivity index (χ3n) is 3.16. The summed E-state index contributed by atoms with van der Waals surface area (Å²) in [5.41, 5.74) is -0.644. The molecular formula is C9H14ClNO4S. The fraction of sp³-hybridized carbons (Fsp3) is 0.889. The Hall–Kier alpha value is -0.330. The maximum absolute atomic E-state index is 11.4. The van der Waals surface area contributed by atoms with Crippen molar-refractivity contribution in [3.63, 3.8) is 0 Å². The number of hydrogen-bond acceptors (Lipinski definition) is 4. The van der Waals surface area contributed by atoms with Gasteiger partial charge in [0.15, 0.2) is 0 Å². The minimum atomic E-state index is -3.97. The molecule has 16 heavy (non-hydrogen) atoms. The Morgan fingerprint density at radius 2 is 1.88 bits per heavy atom. The summed E-state index contributed by atoms with van der Waals surface area (Å²) in [6, 6.07) is 0. The Kier molecular flexibility index (Phi) is 2.72. The fourth-order valence-electron chi connectivity index (χ4n) is 2.91. The van der Waals surface area contributed by atoms with Crippen LogP contribution in [-0.2, 0) is 18.8 Å². The molecule has 0 saturated carbocycles. The summed E-state index contributed by atoms with van der Waals surface area (Å²) in [5, 5.41) is 0. The first kappa shape index (κ1) is 12.1. The molecule has 7 heteroatoms. The summed E-state index contributed by atoms with van der Waals surface area (Å²) >= 11 is 0. The van der Waals surface area contributed by atoms with Crippen molar-refractivity contribution >= 4 is 25.8 Å². The molecule has 0 radical (unpaired) electrons. The van der Waals surface area contributed by atoms with Gasteiger partial charge in [-0.1, -0.05) is 0 Å². The summed E-state index contributed by atoms with van der Waals surface area (Å²) in [4.78, 5) is 11.4. The van der Waals surface area contributed by atoms with Gasteiger partial charge in [-0.2, -0.15) is 8.42 Å². The number of halogens is 1. The fourth-order valence-corrected chi connectivity index (χ4v) is 4.56. The van der Waals surface area contributed by atoms with Gasteiger partial charge < -0.3 is 4.74 Å². The van der Waals surface area contributed by atoms with E-state index in [2.05, 4.69) is 0 Å². The monoisotopic (exact) mass is 267 g/mol. The lowest BCUT2D eigenvalue weighted by atomic mass is 9.76. The van der Waals surface area contributed by atoms with Crippen molar-refractivity contribution in [1.82, 2.24) is 4.31 Å². The quantitative estimate of drug-likeness (QED) is 0.526. The number of nitrogens with zero attached hydrogens (tertiary/aromatic N) is 1. The van der Waals surface area contributed by atoms with Gasteiger partial charge in [0.1, 0.15) is 0 Å². The van der Waals surface area contributed by atoms with Crippen LogP contribution in [0.2, 0.25) is 0 Å². The summed E-state index contributed by atoms with van der Waals surface area (Å²) in [5.74, 6) is -0.420. The van der Waals surface area contributed by atoms with Gasteiger partial charge in [-0.25, -0.2) is 4.31 Å². The van der Waals surface area contributed by atoms with E-state index in [0.29, 0.717) is 12.8 Å². The average Bonchev–Trinajstić information content (AvgIpc) is 1.95. The van der Waals surface area contributed by atoms with Crippen LogP contribution in [0, 0.1) is 0 Å². The predicted molar refractivity (Wildman–Crippen MR) is 58.2 cm³/mol. The molecule has 5 nitrogen and oxygen atoms in total. The number of hydrogen-bond donors (Lipinski definition) is 0. The number of carbonyl (C=O) groups excluding carboxylic acids is 1. The van der Waals surface area contributed by atoms with Crippen LogP contribution in [-0.4, -0.2) is 36.4 Å². The third-order valence-corrected chi connectivity index (χ3v) is 4.60. The van der Waals surface area contributed by atoms with Crippen molar-refractivity contribution in [3.8, 4) is 0 Å². The molecule has 0 bridgehead atoms. The van der Waals surface area contributed by atoms with E-state index in [1.165, 1.54) is 0 Å². The van der Waals surface area contributed by atoms with Crippen LogP contribution in [0.4, 0.5) is 0 Å². The van der Waals surface area contributed by atoms with Gasteiger partial charge in [-0.3, -0.25) is 4.79 Å². The largest absolute Gasteiger partial charge is 0.375 e. The minimum absolute atomic E-state index is 0.0576. The standard InChI is InChI=1S/C9H14ClNO4S/c1-6-3-9(4-7(2)15-6)5-8(12)11(9)16(10,13)14/h6-7H,3-5H2,1-2H3. The van der Waals surface area contributed by atoms with Crippen LogP contribution in [0.5, 0.6) is 0 Å². The summed E-state index contributed by atoms with van der Waals surface area (Å²) in [6.45, 7) is 3.75. The van der Waals surface area contributed by atoms with Gasteiger partial charge >= 0.3 is 9.24 Å². The van der Waals surface area contributed by atoms with Crippen molar-refractivity contribution in [2.75, 3.05) is 0 Å². The zero-order valence-electron chi connectivity index (χ0n) is 9.14. The molecule has 1 amide bonds. The van der Waals surface area contributed by atoms with Crippen molar-refractivity contribution in [2.24, 2.45) is 0 Å². The van der Waals surface area contributed by atoms with Crippen molar-refractivity contribution in [2.45, 2.75) is 50.9 Å². The van der Waals surface area contributed by atoms with E-state index < -0.39 is 20.7 Å². The van der Waals surface area contributed by atoms with Crippen LogP contribution in [0.1, 0.15) is 33.1 Å². The van der Waals surface area contributed by atoms with E-state index in [4.69, 9.17) is 15.4 Å². The molecule has 0 aliphatic carbocycles. The highest BCUT2D eigenvalue weighted by Gasteiger charge is 2.58. The molecule has 2 aliphatic rings. The van der Waals surface area contributed by atoms with E-state index >= 15 is 0 Å². The molecule has 2 heterocycles. The van der Waals surface area contributed by atoms with Crippen LogP contribution >= 0.6 is 10.7 Å². The second-order valence-electron chi connectivity index (χ2n) is 4.67. The topological polar surface area (TPSA) is 63.7 Å². The maximum Gasteiger partial charge on any atom is 0.324 e. The molecule has 0 aromatic carbocycles. The summed E-state index contributed by atoms with van der Waals surface area (Å²) in [6.07, 6.45) is 1.18. The highest BCUT2D eigenvalue weighted by molar-refractivity contribution is 8.12. The van der Waals surface area contributed by atoms with E-state index in [9.17, 15) is 13.2 Å². The van der Waals surface area contributed by atoms with E-state index in [-0.39, 0.29) is 18.6 Å². The van der Waals surface area contributed by atoms with E-state index in [1.807, 2.05) is 13.8 Å². The van der Waals surface area contributed by atoms with E-state index in [1.54, 1.807) is 0 Å². The van der Waals surface area contributed by atoms with Crippen LogP contribution in [0.25, 0.3) is 0 Å². The average molecular weight is 268 g/mol. The molecule has 2 atom stereocenters. The first-order chi connectivity index (χ1) is 7.24. The van der Waals surface area contributed by atoms with Crippen LogP contribution in [0.15, 0.2) is 0 Å². The molecule has 2 aliphatic heterocycles. The predicted octanol–water partition coefficient (Wildman–Crippen LogP) is 1.03. The highest BCUT2D eigenvalue weighted by Crippen LogP contribution is 2.46. The minimum Gasteiger partial charge on any atom is -0.375 e. The Morgan fingerprint density at radius 1 is 1.38 bits per heavy atom. The Balaban J connectivity index is 2.29. The first-order valence-electron chi connectivity index (χ1n) is 5.18. The molecule has 1 spiro atoms. The van der Waals surface area contributed by atoms with Crippen molar-refractivity contribution < 1.29 is 17.9 Å². The van der Waals surface area contributed by atoms with Crippen LogP contribution in [0.3, 0.4) is 0 Å². The van der Waals surface area contributed by atoms with Gasteiger partial charge in [0.2, 0.25) is 5.91 Å². The lowest BCUT2D eigenvalue weighted by molar-refractivity contribution is -0.162. The number of rotatable bonds is 1. The van der Waals surface area contributed by atoms with Gasteiger partial charge in [0.05, 0.1) is 24.2 Å². The first-order valence-corrected chi connectivity index (χ1v) is 7.44. The van der Waals surface area contributed by atoms with Crippen molar-refractivity contribution in [1.29, 1.82) is 0 Å². The van der Waals surface area contributed by atoms with Gasteiger partial charge in [0, 0.05) is 10.7 Å². The smallest absolute Gasteiger partial charge is 0.324 e. The SMILES string of the molecule is CC1CC2(CC(=O)N2S(=O)(=O)Cl)CC(C)O1. The number of β-lactam (4-membered cyclic amide) rings is 1. The molecule has 0 aromatic heterocycles. The third kappa shape index (κ3) is 1.83. The molecule has 2 saturated heterocycles. The number of amides is 1. The lowest BCUT2D eigenvalue weighted by Crippen LogP contribution is -2.68. The molecule has 0 aromatic rings. The summed E-state index contributed by atoms with van der Waals surface area (Å²) < 4.78 is 29.0. The Morgan fingerprint density at radius 3 is 2.25 bits per heavy atom. The highest BCUT2D eigenvalue weighted by atomic mass is 35.7. The van der Waals surface area contributed by atoms with Crippen LogP contribution < -0.4 is 0 Å². The normalized spacial score (nSPS) is 39.9. The second kappa shape index (κ2) is 3.58. The second-order valence-corrected chi connectivity index (χ2v) is 7.03. The van der Waals surface area contributed by atoms with Gasteiger partial charge in [-0.15, -0.1) is 0 Å². The van der Waals surface area contributed by atoms with Gasteiger partial charge in [0.25, 0.3) is 0 Å². The zero-order chi connectivity index (χ0) is 12.1. The molecule has 2 unspecified atom stereocenters. The molecule has 92 valence electrons. The molecule has 0 N–H and O–H groups in total. The maximum atomic E-state index is 11.4. The Bertz CT molecular complexity index is 411. The van der Waals surface area contributed by atoms with E-state index in [0.717, 1.165) is 4.31 Å². The Labute approximate surface area is 99.2 Å². The van der Waals surface area contributed by atoms with Gasteiger partial charge in [-0.05, 0) is 26.7 Å². The number of carbonyl (C=O) groups is 1. The van der Waals surface area contributed by atoms with Crippen molar-refractivity contribution in [3.05, 3.63) is 0 Å². The molecule has 2 fully saturated rings. The molecular weight excluding hydrogens is 254 g/mol. The molecule has 2 rings (SSSR count). The zero-order valence-corrected chi connectivity index (χ0v) is 10.7. The number of ether oxygens (including phenoxy) is 1. The lowest BCUT2D eigenvalue weighted by Gasteiger charge is -2.54. The summed E-state index contributed by atoms with van der Waals surface area (Å²) in [7, 11) is 1.31.